The zero-order valence-corrected chi connectivity index (χ0v) is 7.01. The minimum atomic E-state index is 0. The van der Waals surface area contributed by atoms with Crippen LogP contribution in [0.15, 0.2) is 0 Å². The summed E-state index contributed by atoms with van der Waals surface area (Å²) in [5, 5.41) is 0. The molecule has 0 aliphatic carbocycles. The van der Waals surface area contributed by atoms with Gasteiger partial charge in [-0.2, -0.15) is 0 Å². The van der Waals surface area contributed by atoms with E-state index in [1.165, 1.54) is 0 Å². The van der Waals surface area contributed by atoms with Crippen molar-refractivity contribution in [3.05, 3.63) is 6.92 Å². The second-order valence-corrected chi connectivity index (χ2v) is 0.892. The van der Waals surface area contributed by atoms with Crippen LogP contribution in [0.25, 0.3) is 0 Å². The van der Waals surface area contributed by atoms with E-state index in [9.17, 15) is 4.79 Å². The van der Waals surface area contributed by atoms with Gasteiger partial charge in [0.15, 0.2) is 0 Å². The summed E-state index contributed by atoms with van der Waals surface area (Å²) in [4.78, 5) is 9.70. The van der Waals surface area contributed by atoms with Crippen molar-refractivity contribution in [1.82, 2.24) is 0 Å². The minimum Gasteiger partial charge on any atom is -0.339 e. The van der Waals surface area contributed by atoms with Crippen molar-refractivity contribution in [2.45, 2.75) is 13.3 Å². The standard InChI is InChI=1S/C4H7O.2V/c1-3-4(2)5;;/h2-3H2,1H3;;/q-1;;. The normalized spacial score (nSPS) is 5.29. The molecule has 0 saturated heterocycles. The molecule has 0 N–H and O–H groups in total. The van der Waals surface area contributed by atoms with Gasteiger partial charge in [0, 0.05) is 37.1 Å². The van der Waals surface area contributed by atoms with Gasteiger partial charge in [-0.15, -0.1) is 0 Å². The molecule has 0 aliphatic rings. The summed E-state index contributed by atoms with van der Waals surface area (Å²) in [6.45, 7) is 4.91. The van der Waals surface area contributed by atoms with E-state index in [0.717, 1.165) is 0 Å². The molecule has 0 rings (SSSR count). The quantitative estimate of drug-likeness (QED) is 0.536. The van der Waals surface area contributed by atoms with Crippen molar-refractivity contribution in [2.24, 2.45) is 0 Å². The van der Waals surface area contributed by atoms with Crippen LogP contribution in [0.2, 0.25) is 0 Å². The van der Waals surface area contributed by atoms with Gasteiger partial charge in [-0.3, -0.25) is 0 Å². The zero-order valence-electron chi connectivity index (χ0n) is 4.22. The fraction of sp³-hybridized carbons (Fsp3) is 0.500. The second-order valence-electron chi connectivity index (χ2n) is 0.892. The molecule has 3 heteroatoms. The molecule has 0 fully saturated rings. The maximum absolute atomic E-state index is 9.70. The number of carbonyl (C=O) groups excluding carboxylic acids is 1. The summed E-state index contributed by atoms with van der Waals surface area (Å²) in [5.74, 6) is 0.00463. The van der Waals surface area contributed by atoms with Crippen LogP contribution < -0.4 is 0 Å². The van der Waals surface area contributed by atoms with Gasteiger partial charge in [0.2, 0.25) is 0 Å². The Balaban J connectivity index is -0.0000000800. The molecule has 1 nitrogen and oxygen atoms in total. The Morgan fingerprint density at radius 1 is 1.57 bits per heavy atom. The number of hydrogen-bond donors (Lipinski definition) is 0. The molecule has 0 saturated carbocycles. The van der Waals surface area contributed by atoms with Crippen molar-refractivity contribution >= 4 is 5.78 Å². The zero-order chi connectivity index (χ0) is 4.28. The van der Waals surface area contributed by atoms with E-state index < -0.39 is 0 Å². The Labute approximate surface area is 68.0 Å². The van der Waals surface area contributed by atoms with Crippen LogP contribution in [0, 0.1) is 6.92 Å². The Morgan fingerprint density at radius 2 is 1.71 bits per heavy atom. The molecular formula is C4H7OV2-. The maximum Gasteiger partial charge on any atom is 0 e. The summed E-state index contributed by atoms with van der Waals surface area (Å²) < 4.78 is 0. The largest absolute Gasteiger partial charge is 0.339 e. The number of carbonyl (C=O) groups is 1. The van der Waals surface area contributed by atoms with Gasteiger partial charge in [0.1, 0.15) is 0 Å². The number of ketones is 1. The van der Waals surface area contributed by atoms with Gasteiger partial charge >= 0.3 is 0 Å². The summed E-state index contributed by atoms with van der Waals surface area (Å²) in [6.07, 6.45) is 0.556. The van der Waals surface area contributed by atoms with Crippen molar-refractivity contribution < 1.29 is 41.9 Å². The fourth-order valence-corrected chi connectivity index (χ4v) is 0. The number of Topliss-reactive ketones (excluding diaryl/α,β-unsaturated/α-hetero) is 1. The molecule has 7 heavy (non-hydrogen) atoms. The second kappa shape index (κ2) is 9.86. The third-order valence-electron chi connectivity index (χ3n) is 0.394. The molecule has 0 aromatic carbocycles. The molecule has 40 valence electrons. The molecule has 0 bridgehead atoms. The molecule has 0 unspecified atom stereocenters. The van der Waals surface area contributed by atoms with Crippen LogP contribution in [0.3, 0.4) is 0 Å². The predicted molar refractivity (Wildman–Crippen MR) is 20.7 cm³/mol. The average molecular weight is 173 g/mol. The first-order valence-electron chi connectivity index (χ1n) is 1.62. The van der Waals surface area contributed by atoms with E-state index in [-0.39, 0.29) is 42.9 Å². The SMILES string of the molecule is [CH2-]C(=O)CC.[V].[V]. The van der Waals surface area contributed by atoms with Crippen LogP contribution in [0.1, 0.15) is 13.3 Å². The molecule has 0 heterocycles. The van der Waals surface area contributed by atoms with Crippen LogP contribution in [0.5, 0.6) is 0 Å². The molecule has 2 radical (unpaired) electrons. The fourth-order valence-electron chi connectivity index (χ4n) is 0. The third kappa shape index (κ3) is 20.3. The van der Waals surface area contributed by atoms with Crippen molar-refractivity contribution in [1.29, 1.82) is 0 Å². The van der Waals surface area contributed by atoms with Crippen LogP contribution in [-0.2, 0) is 41.9 Å². The summed E-state index contributed by atoms with van der Waals surface area (Å²) in [6, 6.07) is 0. The smallest absolute Gasteiger partial charge is 0 e. The first kappa shape index (κ1) is 15.6. The molecule has 0 aliphatic heterocycles. The summed E-state index contributed by atoms with van der Waals surface area (Å²) in [7, 11) is 0. The summed E-state index contributed by atoms with van der Waals surface area (Å²) in [5.41, 5.74) is 0. The molecule has 0 amide bonds. The number of rotatable bonds is 1. The Bertz CT molecular complexity index is 45.0. The van der Waals surface area contributed by atoms with Crippen molar-refractivity contribution in [3.8, 4) is 0 Å². The van der Waals surface area contributed by atoms with E-state index >= 15 is 0 Å². The first-order valence-corrected chi connectivity index (χ1v) is 1.62. The third-order valence-corrected chi connectivity index (χ3v) is 0.394. The predicted octanol–water partition coefficient (Wildman–Crippen LogP) is 0.795. The van der Waals surface area contributed by atoms with E-state index in [4.69, 9.17) is 0 Å². The number of hydrogen-bond acceptors (Lipinski definition) is 1. The van der Waals surface area contributed by atoms with Gasteiger partial charge in [0.25, 0.3) is 0 Å². The molecule has 0 atom stereocenters. The van der Waals surface area contributed by atoms with Gasteiger partial charge < -0.3 is 11.7 Å². The van der Waals surface area contributed by atoms with Gasteiger partial charge in [-0.05, 0) is 12.2 Å². The van der Waals surface area contributed by atoms with E-state index in [1.807, 2.05) is 0 Å². The van der Waals surface area contributed by atoms with Crippen LogP contribution in [0.4, 0.5) is 0 Å². The van der Waals surface area contributed by atoms with E-state index in [0.29, 0.717) is 6.42 Å². The molecular weight excluding hydrogens is 166 g/mol. The van der Waals surface area contributed by atoms with Crippen molar-refractivity contribution in [3.63, 3.8) is 0 Å². The Kier molecular flexibility index (Phi) is 22.0. The van der Waals surface area contributed by atoms with Gasteiger partial charge in [-0.25, -0.2) is 0 Å². The van der Waals surface area contributed by atoms with E-state index in [1.54, 1.807) is 6.92 Å². The molecule has 0 spiro atoms. The Morgan fingerprint density at radius 3 is 1.71 bits per heavy atom. The molecule has 0 aromatic rings. The van der Waals surface area contributed by atoms with Crippen molar-refractivity contribution in [2.75, 3.05) is 0 Å². The van der Waals surface area contributed by atoms with Gasteiger partial charge in [0.05, 0.1) is 0 Å². The summed E-state index contributed by atoms with van der Waals surface area (Å²) >= 11 is 0. The van der Waals surface area contributed by atoms with Crippen LogP contribution >= 0.6 is 0 Å². The molecule has 0 aromatic heterocycles. The van der Waals surface area contributed by atoms with Crippen LogP contribution in [-0.4, -0.2) is 5.78 Å². The van der Waals surface area contributed by atoms with E-state index in [2.05, 4.69) is 6.92 Å². The van der Waals surface area contributed by atoms with Gasteiger partial charge in [-0.1, -0.05) is 6.92 Å². The first-order chi connectivity index (χ1) is 2.27. The Hall–Kier alpha value is 0.709. The minimum absolute atomic E-state index is 0. The average Bonchev–Trinajstić information content (AvgIpc) is 1.38. The monoisotopic (exact) mass is 173 g/mol. The maximum atomic E-state index is 9.70. The topological polar surface area (TPSA) is 17.1 Å².